The molecule has 0 unspecified atom stereocenters. The number of benzene rings is 1. The zero-order valence-electron chi connectivity index (χ0n) is 8.27. The Bertz CT molecular complexity index is 701. The molecule has 0 spiro atoms. The molecular formula is C11H8N4O. The standard InChI is InChI=1S/C11H8N4O/c12-11(16)9-4-2-7-8(14-9)3-1-6-5-13-15-10(6)7/h1-5H,(H2,12,16)(H,13,15). The molecular weight excluding hydrogens is 204 g/mol. The minimum atomic E-state index is -0.522. The highest BCUT2D eigenvalue weighted by Gasteiger charge is 2.06. The van der Waals surface area contributed by atoms with Crippen LogP contribution in [0.4, 0.5) is 0 Å². The first-order valence-electron chi connectivity index (χ1n) is 4.78. The van der Waals surface area contributed by atoms with E-state index in [-0.39, 0.29) is 5.69 Å². The summed E-state index contributed by atoms with van der Waals surface area (Å²) in [7, 11) is 0. The van der Waals surface area contributed by atoms with Crippen LogP contribution in [0.2, 0.25) is 0 Å². The number of primary amides is 1. The second-order valence-corrected chi connectivity index (χ2v) is 3.53. The van der Waals surface area contributed by atoms with Crippen LogP contribution in [-0.4, -0.2) is 21.1 Å². The Labute approximate surface area is 90.3 Å². The van der Waals surface area contributed by atoms with E-state index in [1.165, 1.54) is 0 Å². The molecule has 0 aliphatic heterocycles. The van der Waals surface area contributed by atoms with E-state index in [1.54, 1.807) is 12.3 Å². The van der Waals surface area contributed by atoms with Crippen LogP contribution in [0.5, 0.6) is 0 Å². The number of amides is 1. The number of aromatic amines is 1. The van der Waals surface area contributed by atoms with Gasteiger partial charge < -0.3 is 5.73 Å². The van der Waals surface area contributed by atoms with Crippen LogP contribution < -0.4 is 5.73 Å². The highest BCUT2D eigenvalue weighted by Crippen LogP contribution is 2.21. The molecule has 3 rings (SSSR count). The Morgan fingerprint density at radius 2 is 2.12 bits per heavy atom. The third-order valence-corrected chi connectivity index (χ3v) is 2.54. The molecule has 0 atom stereocenters. The van der Waals surface area contributed by atoms with Gasteiger partial charge in [-0.2, -0.15) is 5.10 Å². The van der Waals surface area contributed by atoms with Crippen LogP contribution in [0.3, 0.4) is 0 Å². The van der Waals surface area contributed by atoms with Crippen molar-refractivity contribution in [2.45, 2.75) is 0 Å². The normalized spacial score (nSPS) is 11.0. The molecule has 2 aromatic heterocycles. The number of hydrogen-bond donors (Lipinski definition) is 2. The zero-order valence-corrected chi connectivity index (χ0v) is 8.27. The first-order valence-corrected chi connectivity index (χ1v) is 4.78. The molecule has 0 bridgehead atoms. The fourth-order valence-corrected chi connectivity index (χ4v) is 1.76. The summed E-state index contributed by atoms with van der Waals surface area (Å²) in [6, 6.07) is 7.19. The monoisotopic (exact) mass is 212 g/mol. The Hall–Kier alpha value is -2.43. The summed E-state index contributed by atoms with van der Waals surface area (Å²) in [5.41, 5.74) is 7.09. The third kappa shape index (κ3) is 1.15. The van der Waals surface area contributed by atoms with E-state index in [2.05, 4.69) is 15.2 Å². The van der Waals surface area contributed by atoms with Crippen molar-refractivity contribution in [2.24, 2.45) is 5.73 Å². The lowest BCUT2D eigenvalue weighted by molar-refractivity contribution is 0.0996. The first kappa shape index (κ1) is 8.84. The molecule has 78 valence electrons. The lowest BCUT2D eigenvalue weighted by Crippen LogP contribution is -2.12. The van der Waals surface area contributed by atoms with Crippen LogP contribution in [0.15, 0.2) is 30.5 Å². The maximum absolute atomic E-state index is 11.0. The molecule has 0 aliphatic rings. The Balaban J connectivity index is 2.41. The van der Waals surface area contributed by atoms with E-state index in [0.29, 0.717) is 0 Å². The molecule has 3 N–H and O–H groups in total. The average molecular weight is 212 g/mol. The third-order valence-electron chi connectivity index (χ3n) is 2.54. The van der Waals surface area contributed by atoms with Gasteiger partial charge in [0.25, 0.3) is 5.91 Å². The van der Waals surface area contributed by atoms with Crippen molar-refractivity contribution in [3.8, 4) is 0 Å². The summed E-state index contributed by atoms with van der Waals surface area (Å²) in [5.74, 6) is -0.522. The van der Waals surface area contributed by atoms with E-state index in [0.717, 1.165) is 21.8 Å². The number of nitrogens with zero attached hydrogens (tertiary/aromatic N) is 2. The lowest BCUT2D eigenvalue weighted by Gasteiger charge is -2.00. The second-order valence-electron chi connectivity index (χ2n) is 3.53. The lowest BCUT2D eigenvalue weighted by atomic mass is 10.1. The van der Waals surface area contributed by atoms with Gasteiger partial charge in [0.1, 0.15) is 5.69 Å². The van der Waals surface area contributed by atoms with E-state index in [9.17, 15) is 4.79 Å². The first-order chi connectivity index (χ1) is 7.75. The van der Waals surface area contributed by atoms with Gasteiger partial charge in [-0.05, 0) is 24.3 Å². The molecule has 0 fully saturated rings. The number of aromatic nitrogens is 3. The second kappa shape index (κ2) is 3.03. The van der Waals surface area contributed by atoms with Gasteiger partial charge >= 0.3 is 0 Å². The number of carbonyl (C=O) groups excluding carboxylic acids is 1. The van der Waals surface area contributed by atoms with Crippen molar-refractivity contribution in [1.82, 2.24) is 15.2 Å². The molecule has 0 saturated carbocycles. The molecule has 2 heterocycles. The van der Waals surface area contributed by atoms with Crippen molar-refractivity contribution in [2.75, 3.05) is 0 Å². The number of H-pyrrole nitrogens is 1. The van der Waals surface area contributed by atoms with E-state index >= 15 is 0 Å². The van der Waals surface area contributed by atoms with Crippen LogP contribution in [-0.2, 0) is 0 Å². The van der Waals surface area contributed by atoms with Crippen molar-refractivity contribution in [3.05, 3.63) is 36.2 Å². The van der Waals surface area contributed by atoms with Crippen LogP contribution >= 0.6 is 0 Å². The molecule has 0 radical (unpaired) electrons. The van der Waals surface area contributed by atoms with E-state index < -0.39 is 5.91 Å². The maximum atomic E-state index is 11.0. The van der Waals surface area contributed by atoms with Gasteiger partial charge in [-0.1, -0.05) is 0 Å². The van der Waals surface area contributed by atoms with Gasteiger partial charge in [-0.25, -0.2) is 4.98 Å². The number of nitrogens with one attached hydrogen (secondary N) is 1. The van der Waals surface area contributed by atoms with Crippen molar-refractivity contribution >= 4 is 27.7 Å². The number of fused-ring (bicyclic) bond motifs is 3. The van der Waals surface area contributed by atoms with Gasteiger partial charge in [0.2, 0.25) is 0 Å². The molecule has 1 aromatic carbocycles. The summed E-state index contributed by atoms with van der Waals surface area (Å²) in [6.45, 7) is 0. The minimum Gasteiger partial charge on any atom is -0.364 e. The number of carbonyl (C=O) groups is 1. The van der Waals surface area contributed by atoms with Crippen molar-refractivity contribution < 1.29 is 4.79 Å². The molecule has 0 saturated heterocycles. The fraction of sp³-hybridized carbons (Fsp3) is 0. The maximum Gasteiger partial charge on any atom is 0.267 e. The van der Waals surface area contributed by atoms with Crippen LogP contribution in [0.25, 0.3) is 21.8 Å². The summed E-state index contributed by atoms with van der Waals surface area (Å²) in [4.78, 5) is 15.2. The fourth-order valence-electron chi connectivity index (χ4n) is 1.76. The van der Waals surface area contributed by atoms with Gasteiger partial charge in [-0.15, -0.1) is 0 Å². The molecule has 5 nitrogen and oxygen atoms in total. The quantitative estimate of drug-likeness (QED) is 0.635. The number of pyridine rings is 1. The highest BCUT2D eigenvalue weighted by atomic mass is 16.1. The summed E-state index contributed by atoms with van der Waals surface area (Å²) >= 11 is 0. The van der Waals surface area contributed by atoms with Gasteiger partial charge in [0, 0.05) is 10.8 Å². The topological polar surface area (TPSA) is 84.7 Å². The van der Waals surface area contributed by atoms with Crippen molar-refractivity contribution in [1.29, 1.82) is 0 Å². The molecule has 3 aromatic rings. The van der Waals surface area contributed by atoms with Crippen molar-refractivity contribution in [3.63, 3.8) is 0 Å². The minimum absolute atomic E-state index is 0.270. The Kier molecular flexibility index (Phi) is 1.67. The highest BCUT2D eigenvalue weighted by molar-refractivity contribution is 6.04. The zero-order chi connectivity index (χ0) is 11.1. The molecule has 0 aliphatic carbocycles. The van der Waals surface area contributed by atoms with Crippen LogP contribution in [0, 0.1) is 0 Å². The van der Waals surface area contributed by atoms with E-state index in [1.807, 2.05) is 18.2 Å². The largest absolute Gasteiger partial charge is 0.364 e. The van der Waals surface area contributed by atoms with Gasteiger partial charge in [0.15, 0.2) is 0 Å². The number of rotatable bonds is 1. The Morgan fingerprint density at radius 1 is 1.25 bits per heavy atom. The van der Waals surface area contributed by atoms with Crippen LogP contribution in [0.1, 0.15) is 10.5 Å². The van der Waals surface area contributed by atoms with Gasteiger partial charge in [-0.3, -0.25) is 9.89 Å². The average Bonchev–Trinajstić information content (AvgIpc) is 2.76. The van der Waals surface area contributed by atoms with Gasteiger partial charge in [0.05, 0.1) is 17.2 Å². The van der Waals surface area contributed by atoms with E-state index in [4.69, 9.17) is 5.73 Å². The number of hydrogen-bond acceptors (Lipinski definition) is 3. The summed E-state index contributed by atoms with van der Waals surface area (Å²) < 4.78 is 0. The smallest absolute Gasteiger partial charge is 0.267 e. The molecule has 5 heteroatoms. The number of nitrogens with two attached hydrogens (primary N) is 1. The predicted molar refractivity (Wildman–Crippen MR) is 59.9 cm³/mol. The Morgan fingerprint density at radius 3 is 2.94 bits per heavy atom. The SMILES string of the molecule is NC(=O)c1ccc2c(ccc3cn[nH]c32)n1. The summed E-state index contributed by atoms with van der Waals surface area (Å²) in [5, 5.41) is 8.82. The molecule has 16 heavy (non-hydrogen) atoms. The summed E-state index contributed by atoms with van der Waals surface area (Å²) in [6.07, 6.45) is 1.75. The predicted octanol–water partition coefficient (Wildman–Crippen LogP) is 1.21. The molecule has 1 amide bonds.